The first-order chi connectivity index (χ1) is 6.97. The molecule has 1 aromatic rings. The zero-order valence-corrected chi connectivity index (χ0v) is 10.1. The van der Waals surface area contributed by atoms with Crippen LogP contribution in [0, 0.1) is 0 Å². The molecule has 1 N–H and O–H groups in total. The Balaban J connectivity index is 2.35. The molecule has 15 heavy (non-hydrogen) atoms. The second-order valence-electron chi connectivity index (χ2n) is 4.25. The molecular formula is C11H16N2OS. The lowest BCUT2D eigenvalue weighted by atomic mass is 10.1. The lowest BCUT2D eigenvalue weighted by Crippen LogP contribution is -2.41. The van der Waals surface area contributed by atoms with E-state index in [-0.39, 0.29) is 11.4 Å². The van der Waals surface area contributed by atoms with Crippen LogP contribution in [-0.2, 0) is 4.79 Å². The molecule has 0 fully saturated rings. The van der Waals surface area contributed by atoms with Gasteiger partial charge in [0, 0.05) is 11.7 Å². The van der Waals surface area contributed by atoms with Crippen LogP contribution in [-0.4, -0.2) is 22.2 Å². The molecule has 0 aliphatic carbocycles. The molecule has 0 aromatic carbocycles. The number of carbonyl (C=O) groups is 1. The van der Waals surface area contributed by atoms with Crippen molar-refractivity contribution in [3.05, 3.63) is 24.4 Å². The third-order valence-electron chi connectivity index (χ3n) is 1.50. The number of pyridine rings is 1. The molecule has 1 aromatic heterocycles. The van der Waals surface area contributed by atoms with Crippen molar-refractivity contribution in [1.29, 1.82) is 0 Å². The number of nitrogens with zero attached hydrogens (tertiary/aromatic N) is 1. The average molecular weight is 224 g/mol. The molecule has 0 bridgehead atoms. The molecule has 82 valence electrons. The quantitative estimate of drug-likeness (QED) is 0.799. The van der Waals surface area contributed by atoms with Gasteiger partial charge in [0.05, 0.1) is 10.8 Å². The Morgan fingerprint density at radius 2 is 2.20 bits per heavy atom. The highest BCUT2D eigenvalue weighted by atomic mass is 32.2. The highest BCUT2D eigenvalue weighted by Crippen LogP contribution is 2.13. The van der Waals surface area contributed by atoms with E-state index in [1.54, 1.807) is 6.20 Å². The van der Waals surface area contributed by atoms with Gasteiger partial charge in [-0.25, -0.2) is 4.98 Å². The van der Waals surface area contributed by atoms with Crippen molar-refractivity contribution in [2.75, 3.05) is 5.75 Å². The second kappa shape index (κ2) is 5.16. The Kier molecular flexibility index (Phi) is 4.15. The SMILES string of the molecule is CC(C)(C)NC(=O)CSc1ccccn1. The van der Waals surface area contributed by atoms with Gasteiger partial charge < -0.3 is 5.32 Å². The van der Waals surface area contributed by atoms with Gasteiger partial charge in [-0.3, -0.25) is 4.79 Å². The Morgan fingerprint density at radius 3 is 2.73 bits per heavy atom. The minimum absolute atomic E-state index is 0.0400. The van der Waals surface area contributed by atoms with Crippen molar-refractivity contribution in [3.63, 3.8) is 0 Å². The van der Waals surface area contributed by atoms with Crippen LogP contribution in [0.15, 0.2) is 29.4 Å². The summed E-state index contributed by atoms with van der Waals surface area (Å²) in [7, 11) is 0. The van der Waals surface area contributed by atoms with E-state index >= 15 is 0 Å². The molecule has 0 unspecified atom stereocenters. The molecule has 0 saturated carbocycles. The Labute approximate surface area is 94.7 Å². The smallest absolute Gasteiger partial charge is 0.230 e. The minimum atomic E-state index is -0.165. The van der Waals surface area contributed by atoms with Crippen molar-refractivity contribution in [3.8, 4) is 0 Å². The van der Waals surface area contributed by atoms with Crippen molar-refractivity contribution in [2.24, 2.45) is 0 Å². The van der Waals surface area contributed by atoms with Crippen molar-refractivity contribution >= 4 is 17.7 Å². The summed E-state index contributed by atoms with van der Waals surface area (Å²) in [4.78, 5) is 15.6. The lowest BCUT2D eigenvalue weighted by molar-refractivity contribution is -0.119. The van der Waals surface area contributed by atoms with Crippen LogP contribution < -0.4 is 5.32 Å². The third-order valence-corrected chi connectivity index (χ3v) is 2.45. The van der Waals surface area contributed by atoms with Crippen LogP contribution in [0.1, 0.15) is 20.8 Å². The number of carbonyl (C=O) groups excluding carboxylic acids is 1. The van der Waals surface area contributed by atoms with Gasteiger partial charge in [0.15, 0.2) is 0 Å². The van der Waals surface area contributed by atoms with E-state index in [1.165, 1.54) is 11.8 Å². The van der Waals surface area contributed by atoms with Gasteiger partial charge in [-0.05, 0) is 32.9 Å². The van der Waals surface area contributed by atoms with Crippen LogP contribution in [0.4, 0.5) is 0 Å². The molecule has 0 aliphatic heterocycles. The first kappa shape index (κ1) is 12.0. The van der Waals surface area contributed by atoms with Crippen molar-refractivity contribution in [1.82, 2.24) is 10.3 Å². The van der Waals surface area contributed by atoms with Crippen molar-refractivity contribution < 1.29 is 4.79 Å². The standard InChI is InChI=1S/C11H16N2OS/c1-11(2,3)13-9(14)8-15-10-6-4-5-7-12-10/h4-7H,8H2,1-3H3,(H,13,14). The summed E-state index contributed by atoms with van der Waals surface area (Å²) in [5.74, 6) is 0.451. The van der Waals surface area contributed by atoms with Crippen molar-refractivity contribution in [2.45, 2.75) is 31.3 Å². The van der Waals surface area contributed by atoms with Crippen LogP contribution in [0.25, 0.3) is 0 Å². The molecule has 1 heterocycles. The Morgan fingerprint density at radius 1 is 1.47 bits per heavy atom. The largest absolute Gasteiger partial charge is 0.351 e. The average Bonchev–Trinajstić information content (AvgIpc) is 2.14. The summed E-state index contributed by atoms with van der Waals surface area (Å²) in [6.45, 7) is 5.91. The topological polar surface area (TPSA) is 42.0 Å². The van der Waals surface area contributed by atoms with E-state index in [2.05, 4.69) is 10.3 Å². The molecule has 0 atom stereocenters. The number of rotatable bonds is 3. The third kappa shape index (κ3) is 5.42. The maximum absolute atomic E-state index is 11.5. The summed E-state index contributed by atoms with van der Waals surface area (Å²) in [5, 5.41) is 3.78. The molecule has 0 saturated heterocycles. The maximum atomic E-state index is 11.5. The van der Waals surface area contributed by atoms with E-state index in [4.69, 9.17) is 0 Å². The number of aromatic nitrogens is 1. The van der Waals surface area contributed by atoms with Gasteiger partial charge >= 0.3 is 0 Å². The number of hydrogen-bond acceptors (Lipinski definition) is 3. The fraction of sp³-hybridized carbons (Fsp3) is 0.455. The summed E-state index contributed by atoms with van der Waals surface area (Å²) >= 11 is 1.45. The molecule has 0 spiro atoms. The predicted molar refractivity (Wildman–Crippen MR) is 62.9 cm³/mol. The molecular weight excluding hydrogens is 208 g/mol. The fourth-order valence-corrected chi connectivity index (χ4v) is 1.69. The molecule has 4 heteroatoms. The summed E-state index contributed by atoms with van der Waals surface area (Å²) in [5.41, 5.74) is -0.165. The number of thioether (sulfide) groups is 1. The Bertz CT molecular complexity index is 319. The summed E-state index contributed by atoms with van der Waals surface area (Å²) in [6, 6.07) is 5.67. The monoisotopic (exact) mass is 224 g/mol. The zero-order valence-electron chi connectivity index (χ0n) is 9.28. The van der Waals surface area contributed by atoms with Gasteiger partial charge in [-0.15, -0.1) is 0 Å². The fourth-order valence-electron chi connectivity index (χ4n) is 1.03. The molecule has 0 aliphatic rings. The predicted octanol–water partition coefficient (Wildman–Crippen LogP) is 2.09. The van der Waals surface area contributed by atoms with Gasteiger partial charge in [0.1, 0.15) is 0 Å². The number of hydrogen-bond donors (Lipinski definition) is 1. The van der Waals surface area contributed by atoms with Gasteiger partial charge in [-0.2, -0.15) is 0 Å². The van der Waals surface area contributed by atoms with Gasteiger partial charge in [0.2, 0.25) is 5.91 Å². The molecule has 0 radical (unpaired) electrons. The van der Waals surface area contributed by atoms with E-state index < -0.39 is 0 Å². The van der Waals surface area contributed by atoms with Gasteiger partial charge in [-0.1, -0.05) is 17.8 Å². The normalized spacial score (nSPS) is 11.1. The summed E-state index contributed by atoms with van der Waals surface area (Å²) in [6.07, 6.45) is 1.73. The zero-order chi connectivity index (χ0) is 11.3. The number of nitrogens with one attached hydrogen (secondary N) is 1. The summed E-state index contributed by atoms with van der Waals surface area (Å²) < 4.78 is 0. The highest BCUT2D eigenvalue weighted by Gasteiger charge is 2.13. The molecule has 1 amide bonds. The van der Waals surface area contributed by atoms with E-state index in [1.807, 2.05) is 39.0 Å². The first-order valence-corrected chi connectivity index (χ1v) is 5.81. The van der Waals surface area contributed by atoms with Gasteiger partial charge in [0.25, 0.3) is 0 Å². The Hall–Kier alpha value is -1.03. The van der Waals surface area contributed by atoms with Crippen LogP contribution in [0.2, 0.25) is 0 Å². The van der Waals surface area contributed by atoms with E-state index in [9.17, 15) is 4.79 Å². The van der Waals surface area contributed by atoms with Crippen LogP contribution in [0.3, 0.4) is 0 Å². The second-order valence-corrected chi connectivity index (χ2v) is 5.25. The highest BCUT2D eigenvalue weighted by molar-refractivity contribution is 7.99. The lowest BCUT2D eigenvalue weighted by Gasteiger charge is -2.20. The molecule has 3 nitrogen and oxygen atoms in total. The minimum Gasteiger partial charge on any atom is -0.351 e. The number of amides is 1. The van der Waals surface area contributed by atoms with Crippen LogP contribution in [0.5, 0.6) is 0 Å². The van der Waals surface area contributed by atoms with E-state index in [0.717, 1.165) is 5.03 Å². The van der Waals surface area contributed by atoms with Crippen LogP contribution >= 0.6 is 11.8 Å². The first-order valence-electron chi connectivity index (χ1n) is 4.82. The molecule has 1 rings (SSSR count). The van der Waals surface area contributed by atoms with E-state index in [0.29, 0.717) is 5.75 Å². The maximum Gasteiger partial charge on any atom is 0.230 e.